The van der Waals surface area contributed by atoms with Gasteiger partial charge in [-0.1, -0.05) is 0 Å². The minimum absolute atomic E-state index is 0.131. The van der Waals surface area contributed by atoms with Crippen molar-refractivity contribution in [3.8, 4) is 0 Å². The highest BCUT2D eigenvalue weighted by Crippen LogP contribution is 2.41. The molecule has 23 heavy (non-hydrogen) atoms. The largest absolute Gasteiger partial charge is 0.472 e. The SMILES string of the molecule is Cc1nc(CN2C[C@@]3(CCN(Cc4ccoc4)C3)CC2=O)cs1. The zero-order valence-electron chi connectivity index (χ0n) is 13.3. The molecule has 6 heteroatoms. The highest BCUT2D eigenvalue weighted by molar-refractivity contribution is 7.09. The van der Waals surface area contributed by atoms with Crippen LogP contribution in [0.1, 0.15) is 29.1 Å². The van der Waals surface area contributed by atoms with Gasteiger partial charge in [-0.05, 0) is 26.0 Å². The van der Waals surface area contributed by atoms with Gasteiger partial charge in [-0.3, -0.25) is 9.69 Å². The monoisotopic (exact) mass is 331 g/mol. The molecule has 2 aromatic rings. The van der Waals surface area contributed by atoms with E-state index in [2.05, 4.69) is 15.3 Å². The van der Waals surface area contributed by atoms with Gasteiger partial charge in [-0.25, -0.2) is 4.98 Å². The Kier molecular flexibility index (Phi) is 3.73. The summed E-state index contributed by atoms with van der Waals surface area (Å²) in [5.41, 5.74) is 2.36. The first-order valence-electron chi connectivity index (χ1n) is 8.04. The molecule has 0 aliphatic carbocycles. The van der Waals surface area contributed by atoms with E-state index in [4.69, 9.17) is 4.42 Å². The third-order valence-corrected chi connectivity index (χ3v) is 5.75. The summed E-state index contributed by atoms with van der Waals surface area (Å²) in [6, 6.07) is 2.02. The van der Waals surface area contributed by atoms with E-state index in [-0.39, 0.29) is 11.3 Å². The van der Waals surface area contributed by atoms with Gasteiger partial charge in [0, 0.05) is 42.4 Å². The van der Waals surface area contributed by atoms with Crippen LogP contribution in [0.2, 0.25) is 0 Å². The van der Waals surface area contributed by atoms with Gasteiger partial charge in [0.25, 0.3) is 0 Å². The molecular weight excluding hydrogens is 310 g/mol. The van der Waals surface area contributed by atoms with E-state index in [1.165, 1.54) is 5.56 Å². The van der Waals surface area contributed by atoms with Crippen molar-refractivity contribution in [2.24, 2.45) is 5.41 Å². The zero-order chi connectivity index (χ0) is 15.9. The molecule has 1 amide bonds. The molecule has 122 valence electrons. The summed E-state index contributed by atoms with van der Waals surface area (Å²) in [5, 5.41) is 3.13. The van der Waals surface area contributed by atoms with Crippen molar-refractivity contribution >= 4 is 17.2 Å². The summed E-state index contributed by atoms with van der Waals surface area (Å²) < 4.78 is 5.15. The molecule has 5 nitrogen and oxygen atoms in total. The van der Waals surface area contributed by atoms with Gasteiger partial charge >= 0.3 is 0 Å². The number of furan rings is 1. The van der Waals surface area contributed by atoms with Crippen molar-refractivity contribution in [3.05, 3.63) is 40.2 Å². The molecule has 2 saturated heterocycles. The van der Waals surface area contributed by atoms with Crippen LogP contribution in [0.3, 0.4) is 0 Å². The van der Waals surface area contributed by atoms with Gasteiger partial charge in [0.2, 0.25) is 5.91 Å². The summed E-state index contributed by atoms with van der Waals surface area (Å²) in [6.45, 7) is 6.50. The summed E-state index contributed by atoms with van der Waals surface area (Å²) in [5.74, 6) is 0.279. The maximum absolute atomic E-state index is 12.4. The van der Waals surface area contributed by atoms with Crippen LogP contribution < -0.4 is 0 Å². The number of aryl methyl sites for hydroxylation is 1. The molecule has 2 aliphatic rings. The lowest BCUT2D eigenvalue weighted by molar-refractivity contribution is -0.128. The number of carbonyl (C=O) groups is 1. The minimum atomic E-state index is 0.131. The summed E-state index contributed by atoms with van der Waals surface area (Å²) >= 11 is 1.65. The van der Waals surface area contributed by atoms with Crippen molar-refractivity contribution in [1.82, 2.24) is 14.8 Å². The van der Waals surface area contributed by atoms with Crippen LogP contribution >= 0.6 is 11.3 Å². The molecule has 4 rings (SSSR count). The van der Waals surface area contributed by atoms with Crippen molar-refractivity contribution < 1.29 is 9.21 Å². The lowest BCUT2D eigenvalue weighted by Gasteiger charge is -2.23. The van der Waals surface area contributed by atoms with E-state index in [9.17, 15) is 4.79 Å². The Labute approximate surface area is 139 Å². The number of thiazole rings is 1. The molecule has 0 bridgehead atoms. The first kappa shape index (κ1) is 14.9. The maximum atomic E-state index is 12.4. The Bertz CT molecular complexity index is 697. The van der Waals surface area contributed by atoms with E-state index in [1.807, 2.05) is 24.2 Å². The van der Waals surface area contributed by atoms with Crippen molar-refractivity contribution in [2.45, 2.75) is 32.9 Å². The number of likely N-dealkylation sites (tertiary alicyclic amines) is 2. The molecule has 4 heterocycles. The molecule has 1 spiro atoms. The number of amides is 1. The Morgan fingerprint density at radius 1 is 1.39 bits per heavy atom. The number of aromatic nitrogens is 1. The van der Waals surface area contributed by atoms with E-state index < -0.39 is 0 Å². The van der Waals surface area contributed by atoms with Crippen LogP contribution in [0.15, 0.2) is 28.4 Å². The maximum Gasteiger partial charge on any atom is 0.223 e. The highest BCUT2D eigenvalue weighted by atomic mass is 32.1. The Morgan fingerprint density at radius 3 is 3.04 bits per heavy atom. The molecule has 0 saturated carbocycles. The number of hydrogen-bond donors (Lipinski definition) is 0. The smallest absolute Gasteiger partial charge is 0.223 e. The Morgan fingerprint density at radius 2 is 2.30 bits per heavy atom. The van der Waals surface area contributed by atoms with Crippen molar-refractivity contribution in [2.75, 3.05) is 19.6 Å². The number of nitrogens with zero attached hydrogens (tertiary/aromatic N) is 3. The fraction of sp³-hybridized carbons (Fsp3) is 0.529. The molecule has 0 radical (unpaired) electrons. The Hall–Kier alpha value is -1.66. The second-order valence-electron chi connectivity index (χ2n) is 6.88. The van der Waals surface area contributed by atoms with Crippen LogP contribution in [-0.4, -0.2) is 40.3 Å². The fourth-order valence-corrected chi connectivity index (χ4v) is 4.48. The molecule has 2 fully saturated rings. The first-order valence-corrected chi connectivity index (χ1v) is 8.92. The zero-order valence-corrected chi connectivity index (χ0v) is 14.1. The summed E-state index contributed by atoms with van der Waals surface area (Å²) in [7, 11) is 0. The Balaban J connectivity index is 1.39. The molecule has 2 aromatic heterocycles. The van der Waals surface area contributed by atoms with Crippen molar-refractivity contribution in [1.29, 1.82) is 0 Å². The standard InChI is InChI=1S/C17H21N3O2S/c1-13-18-15(10-23-13)8-20-12-17(6-16(20)21)3-4-19(11-17)7-14-2-5-22-9-14/h2,5,9-10H,3-4,6-8,11-12H2,1H3/t17-/m0/s1. The van der Waals surface area contributed by atoms with Crippen LogP contribution in [-0.2, 0) is 17.9 Å². The van der Waals surface area contributed by atoms with Gasteiger partial charge in [0.1, 0.15) is 0 Å². The molecular formula is C17H21N3O2S. The van der Waals surface area contributed by atoms with Crippen LogP contribution in [0, 0.1) is 12.3 Å². The van der Waals surface area contributed by atoms with Crippen LogP contribution in [0.4, 0.5) is 0 Å². The van der Waals surface area contributed by atoms with Gasteiger partial charge in [-0.15, -0.1) is 11.3 Å². The minimum Gasteiger partial charge on any atom is -0.472 e. The molecule has 0 unspecified atom stereocenters. The van der Waals surface area contributed by atoms with Crippen LogP contribution in [0.5, 0.6) is 0 Å². The third kappa shape index (κ3) is 3.05. The first-order chi connectivity index (χ1) is 11.1. The third-order valence-electron chi connectivity index (χ3n) is 4.93. The molecule has 0 aromatic carbocycles. The molecule has 2 aliphatic heterocycles. The normalized spacial score (nSPS) is 25.1. The van der Waals surface area contributed by atoms with Gasteiger partial charge < -0.3 is 9.32 Å². The summed E-state index contributed by atoms with van der Waals surface area (Å²) in [6.07, 6.45) is 5.31. The fourth-order valence-electron chi connectivity index (χ4n) is 3.88. The van der Waals surface area contributed by atoms with E-state index in [0.717, 1.165) is 43.3 Å². The lowest BCUT2D eigenvalue weighted by Crippen LogP contribution is -2.31. The average Bonchev–Trinajstić information content (AvgIpc) is 3.26. The summed E-state index contributed by atoms with van der Waals surface area (Å²) in [4.78, 5) is 21.4. The second kappa shape index (κ2) is 5.76. The van der Waals surface area contributed by atoms with E-state index in [0.29, 0.717) is 13.0 Å². The average molecular weight is 331 g/mol. The van der Waals surface area contributed by atoms with Crippen molar-refractivity contribution in [3.63, 3.8) is 0 Å². The number of hydrogen-bond acceptors (Lipinski definition) is 5. The molecule has 1 atom stereocenters. The van der Waals surface area contributed by atoms with E-state index in [1.54, 1.807) is 17.6 Å². The predicted octanol–water partition coefficient (Wildman–Crippen LogP) is 2.67. The number of rotatable bonds is 4. The van der Waals surface area contributed by atoms with Gasteiger partial charge in [0.15, 0.2) is 0 Å². The quantitative estimate of drug-likeness (QED) is 0.864. The predicted molar refractivity (Wildman–Crippen MR) is 87.9 cm³/mol. The van der Waals surface area contributed by atoms with Gasteiger partial charge in [-0.2, -0.15) is 0 Å². The van der Waals surface area contributed by atoms with Gasteiger partial charge in [0.05, 0.1) is 29.8 Å². The number of carbonyl (C=O) groups excluding carboxylic acids is 1. The lowest BCUT2D eigenvalue weighted by atomic mass is 9.86. The van der Waals surface area contributed by atoms with Crippen LogP contribution in [0.25, 0.3) is 0 Å². The topological polar surface area (TPSA) is 49.6 Å². The van der Waals surface area contributed by atoms with E-state index >= 15 is 0 Å². The highest BCUT2D eigenvalue weighted by Gasteiger charge is 2.47. The molecule has 0 N–H and O–H groups in total. The second-order valence-corrected chi connectivity index (χ2v) is 7.94.